The van der Waals surface area contributed by atoms with E-state index in [1.165, 1.54) is 0 Å². The number of nitrogens with one attached hydrogen (secondary N) is 2. The molecule has 1 aromatic carbocycles. The largest absolute Gasteiger partial charge is 0.480 e. The molecule has 0 spiro atoms. The number of carboxylic acids is 1. The van der Waals surface area contributed by atoms with Crippen LogP contribution in [0.3, 0.4) is 0 Å². The number of aryl methyl sites for hydroxylation is 2. The third kappa shape index (κ3) is 4.22. The maximum atomic E-state index is 13.5. The summed E-state index contributed by atoms with van der Waals surface area (Å²) in [4.78, 5) is 22.4. The van der Waals surface area contributed by atoms with Gasteiger partial charge < -0.3 is 15.7 Å². The fourth-order valence-electron chi connectivity index (χ4n) is 1.87. The van der Waals surface area contributed by atoms with Crippen LogP contribution in [0.2, 0.25) is 0 Å². The molecule has 0 fully saturated rings. The molecule has 0 aliphatic rings. The van der Waals surface area contributed by atoms with E-state index in [1.54, 1.807) is 32.9 Å². The molecule has 1 rings (SSSR count). The molecular weight excluding hydrogens is 263 g/mol. The van der Waals surface area contributed by atoms with Crippen molar-refractivity contribution in [3.63, 3.8) is 0 Å². The van der Waals surface area contributed by atoms with Gasteiger partial charge in [0.1, 0.15) is 11.9 Å². The molecule has 20 heavy (non-hydrogen) atoms. The zero-order valence-electron chi connectivity index (χ0n) is 11.8. The molecule has 2 amide bonds. The SMILES string of the molecule is CC[C@H](NC(=O)NCc1cc(C)c(F)c(C)c1)C(=O)O. The quantitative estimate of drug-likeness (QED) is 0.774. The smallest absolute Gasteiger partial charge is 0.326 e. The van der Waals surface area contributed by atoms with Crippen LogP contribution in [0.4, 0.5) is 9.18 Å². The number of urea groups is 1. The molecule has 0 bridgehead atoms. The molecule has 0 saturated carbocycles. The van der Waals surface area contributed by atoms with Crippen molar-refractivity contribution in [3.05, 3.63) is 34.6 Å². The first kappa shape index (κ1) is 15.9. The van der Waals surface area contributed by atoms with Crippen molar-refractivity contribution in [2.75, 3.05) is 0 Å². The van der Waals surface area contributed by atoms with Gasteiger partial charge in [-0.05, 0) is 37.0 Å². The number of rotatable bonds is 5. The fourth-order valence-corrected chi connectivity index (χ4v) is 1.87. The number of hydrogen-bond donors (Lipinski definition) is 3. The Morgan fingerprint density at radius 1 is 1.30 bits per heavy atom. The predicted octanol–water partition coefficient (Wildman–Crippen LogP) is 2.10. The summed E-state index contributed by atoms with van der Waals surface area (Å²) in [6.07, 6.45) is 0.303. The van der Waals surface area contributed by atoms with E-state index in [9.17, 15) is 14.0 Å². The molecule has 1 atom stereocenters. The summed E-state index contributed by atoms with van der Waals surface area (Å²) in [5.41, 5.74) is 1.79. The van der Waals surface area contributed by atoms with E-state index in [-0.39, 0.29) is 12.4 Å². The predicted molar refractivity (Wildman–Crippen MR) is 73.0 cm³/mol. The van der Waals surface area contributed by atoms with Gasteiger partial charge in [0, 0.05) is 6.54 Å². The van der Waals surface area contributed by atoms with Crippen LogP contribution in [0.15, 0.2) is 12.1 Å². The molecule has 0 aliphatic carbocycles. The van der Waals surface area contributed by atoms with Crippen molar-refractivity contribution in [3.8, 4) is 0 Å². The van der Waals surface area contributed by atoms with Crippen LogP contribution in [0.25, 0.3) is 0 Å². The lowest BCUT2D eigenvalue weighted by Gasteiger charge is -2.13. The van der Waals surface area contributed by atoms with E-state index in [0.717, 1.165) is 5.56 Å². The number of hydrogen-bond acceptors (Lipinski definition) is 2. The van der Waals surface area contributed by atoms with Gasteiger partial charge in [-0.25, -0.2) is 14.0 Å². The molecule has 0 aromatic heterocycles. The van der Waals surface area contributed by atoms with Gasteiger partial charge in [0.15, 0.2) is 0 Å². The Kier molecular flexibility index (Phi) is 5.49. The van der Waals surface area contributed by atoms with Crippen molar-refractivity contribution >= 4 is 12.0 Å². The van der Waals surface area contributed by atoms with Gasteiger partial charge >= 0.3 is 12.0 Å². The summed E-state index contributed by atoms with van der Waals surface area (Å²) >= 11 is 0. The van der Waals surface area contributed by atoms with Gasteiger partial charge in [-0.15, -0.1) is 0 Å². The standard InChI is InChI=1S/C14H19FN2O3/c1-4-11(13(18)19)17-14(20)16-7-10-5-8(2)12(15)9(3)6-10/h5-6,11H,4,7H2,1-3H3,(H,18,19)(H2,16,17,20)/t11-/m0/s1. The Balaban J connectivity index is 2.59. The Labute approximate surface area is 117 Å². The number of halogens is 1. The number of amides is 2. The maximum Gasteiger partial charge on any atom is 0.326 e. The van der Waals surface area contributed by atoms with E-state index >= 15 is 0 Å². The molecule has 0 saturated heterocycles. The first-order valence-electron chi connectivity index (χ1n) is 6.38. The molecule has 0 heterocycles. The fraction of sp³-hybridized carbons (Fsp3) is 0.429. The highest BCUT2D eigenvalue weighted by Crippen LogP contribution is 2.14. The van der Waals surface area contributed by atoms with Gasteiger partial charge in [0.05, 0.1) is 0 Å². The average molecular weight is 282 g/mol. The van der Waals surface area contributed by atoms with Gasteiger partial charge in [-0.1, -0.05) is 19.1 Å². The van der Waals surface area contributed by atoms with Crippen LogP contribution in [0.1, 0.15) is 30.0 Å². The van der Waals surface area contributed by atoms with Crippen molar-refractivity contribution in [1.29, 1.82) is 0 Å². The monoisotopic (exact) mass is 282 g/mol. The summed E-state index contributed by atoms with van der Waals surface area (Å²) in [5, 5.41) is 13.7. The molecule has 6 heteroatoms. The van der Waals surface area contributed by atoms with Crippen molar-refractivity contribution in [2.45, 2.75) is 39.8 Å². The van der Waals surface area contributed by atoms with Crippen LogP contribution in [0, 0.1) is 19.7 Å². The topological polar surface area (TPSA) is 78.4 Å². The molecule has 0 radical (unpaired) electrons. The van der Waals surface area contributed by atoms with E-state index < -0.39 is 18.0 Å². The third-order valence-electron chi connectivity index (χ3n) is 2.96. The van der Waals surface area contributed by atoms with E-state index in [1.807, 2.05) is 0 Å². The first-order chi connectivity index (χ1) is 9.35. The second kappa shape index (κ2) is 6.88. The number of aliphatic carboxylic acids is 1. The number of carboxylic acid groups (broad SMARTS) is 1. The van der Waals surface area contributed by atoms with E-state index in [0.29, 0.717) is 17.5 Å². The number of benzene rings is 1. The van der Waals surface area contributed by atoms with Gasteiger partial charge in [-0.3, -0.25) is 0 Å². The number of carbonyl (C=O) groups is 2. The summed E-state index contributed by atoms with van der Waals surface area (Å²) in [5.74, 6) is -1.33. The molecular formula is C14H19FN2O3. The highest BCUT2D eigenvalue weighted by molar-refractivity contribution is 5.82. The van der Waals surface area contributed by atoms with Gasteiger partial charge in [-0.2, -0.15) is 0 Å². The van der Waals surface area contributed by atoms with Crippen LogP contribution in [-0.4, -0.2) is 23.1 Å². The third-order valence-corrected chi connectivity index (χ3v) is 2.96. The Morgan fingerprint density at radius 3 is 2.30 bits per heavy atom. The second-order valence-corrected chi connectivity index (χ2v) is 4.67. The Bertz CT molecular complexity index is 494. The Morgan fingerprint density at radius 2 is 1.85 bits per heavy atom. The molecule has 1 aromatic rings. The molecule has 3 N–H and O–H groups in total. The van der Waals surface area contributed by atoms with Gasteiger partial charge in [0.25, 0.3) is 0 Å². The zero-order chi connectivity index (χ0) is 15.3. The summed E-state index contributed by atoms with van der Waals surface area (Å²) in [7, 11) is 0. The summed E-state index contributed by atoms with van der Waals surface area (Å²) in [6, 6.07) is 1.83. The van der Waals surface area contributed by atoms with Crippen LogP contribution < -0.4 is 10.6 Å². The van der Waals surface area contributed by atoms with E-state index in [4.69, 9.17) is 5.11 Å². The van der Waals surface area contributed by atoms with Crippen LogP contribution >= 0.6 is 0 Å². The van der Waals surface area contributed by atoms with E-state index in [2.05, 4.69) is 10.6 Å². The zero-order valence-corrected chi connectivity index (χ0v) is 11.8. The van der Waals surface area contributed by atoms with Crippen LogP contribution in [0.5, 0.6) is 0 Å². The number of carbonyl (C=O) groups excluding carboxylic acids is 1. The highest BCUT2D eigenvalue weighted by atomic mass is 19.1. The normalized spacial score (nSPS) is 11.8. The minimum absolute atomic E-state index is 0.212. The second-order valence-electron chi connectivity index (χ2n) is 4.67. The lowest BCUT2D eigenvalue weighted by molar-refractivity contribution is -0.139. The van der Waals surface area contributed by atoms with Crippen molar-refractivity contribution in [2.24, 2.45) is 0 Å². The molecule has 5 nitrogen and oxygen atoms in total. The molecule has 0 aliphatic heterocycles. The lowest BCUT2D eigenvalue weighted by atomic mass is 10.1. The molecule has 110 valence electrons. The van der Waals surface area contributed by atoms with Crippen molar-refractivity contribution < 1.29 is 19.1 Å². The summed E-state index contributed by atoms with van der Waals surface area (Å²) in [6.45, 7) is 5.20. The lowest BCUT2D eigenvalue weighted by Crippen LogP contribution is -2.45. The highest BCUT2D eigenvalue weighted by Gasteiger charge is 2.17. The van der Waals surface area contributed by atoms with Gasteiger partial charge in [0.2, 0.25) is 0 Å². The molecule has 0 unspecified atom stereocenters. The first-order valence-corrected chi connectivity index (χ1v) is 6.38. The van der Waals surface area contributed by atoms with Crippen LogP contribution in [-0.2, 0) is 11.3 Å². The minimum atomic E-state index is -1.07. The van der Waals surface area contributed by atoms with Crippen molar-refractivity contribution in [1.82, 2.24) is 10.6 Å². The average Bonchev–Trinajstić information content (AvgIpc) is 2.39. The maximum absolute atomic E-state index is 13.5. The minimum Gasteiger partial charge on any atom is -0.480 e. The summed E-state index contributed by atoms with van der Waals surface area (Å²) < 4.78 is 13.5. The Hall–Kier alpha value is -2.11.